The van der Waals surface area contributed by atoms with Gasteiger partial charge in [0.15, 0.2) is 0 Å². The Kier molecular flexibility index (Phi) is 5.48. The first-order valence-electron chi connectivity index (χ1n) is 9.03. The van der Waals surface area contributed by atoms with E-state index >= 15 is 0 Å². The highest BCUT2D eigenvalue weighted by atomic mass is 14.2. The molecule has 0 N–H and O–H groups in total. The molecule has 0 unspecified atom stereocenters. The minimum atomic E-state index is 0.416. The molecule has 0 aromatic heterocycles. The number of rotatable bonds is 6. The molecule has 0 amide bonds. The molecular weight excluding hydrogens is 288 g/mol. The van der Waals surface area contributed by atoms with Crippen LogP contribution in [0.25, 0.3) is 0 Å². The monoisotopic (exact) mass is 314 g/mol. The molecule has 0 nitrogen and oxygen atoms in total. The van der Waals surface area contributed by atoms with Crippen molar-refractivity contribution in [3.05, 3.63) is 107 Å². The van der Waals surface area contributed by atoms with E-state index in [0.29, 0.717) is 5.92 Å². The number of aryl methyl sites for hydroxylation is 2. The van der Waals surface area contributed by atoms with Crippen molar-refractivity contribution in [2.24, 2.45) is 0 Å². The Balaban J connectivity index is 2.10. The second-order valence-corrected chi connectivity index (χ2v) is 6.35. The summed E-state index contributed by atoms with van der Waals surface area (Å²) in [7, 11) is 0. The van der Waals surface area contributed by atoms with Crippen LogP contribution in [0.1, 0.15) is 47.6 Å². The van der Waals surface area contributed by atoms with Gasteiger partial charge in [-0.05, 0) is 47.1 Å². The molecule has 3 rings (SSSR count). The summed E-state index contributed by atoms with van der Waals surface area (Å²) < 4.78 is 0. The maximum absolute atomic E-state index is 2.32. The van der Waals surface area contributed by atoms with E-state index in [1.54, 1.807) is 0 Å². The first-order chi connectivity index (χ1) is 11.8. The van der Waals surface area contributed by atoms with Crippen molar-refractivity contribution in [2.75, 3.05) is 0 Å². The highest BCUT2D eigenvalue weighted by molar-refractivity contribution is 5.43. The standard InChI is InChI=1S/C24H26/c1-3-20-14-8-10-16-22(20)24(18-19-12-6-5-7-13-19)23-17-11-9-15-21(23)4-2/h5-17,24H,3-4,18H2,1-2H3. The fourth-order valence-electron chi connectivity index (χ4n) is 3.63. The van der Waals surface area contributed by atoms with Crippen molar-refractivity contribution in [3.63, 3.8) is 0 Å². The van der Waals surface area contributed by atoms with E-state index in [0.717, 1.165) is 19.3 Å². The van der Waals surface area contributed by atoms with Crippen LogP contribution in [-0.2, 0) is 19.3 Å². The molecular formula is C24H26. The molecule has 0 heterocycles. The lowest BCUT2D eigenvalue weighted by atomic mass is 9.81. The van der Waals surface area contributed by atoms with Crippen LogP contribution in [0, 0.1) is 0 Å². The normalized spacial score (nSPS) is 11.0. The predicted octanol–water partition coefficient (Wildman–Crippen LogP) is 6.19. The Morgan fingerprint density at radius 1 is 0.583 bits per heavy atom. The Morgan fingerprint density at radius 3 is 1.54 bits per heavy atom. The Labute approximate surface area is 146 Å². The Bertz CT molecular complexity index is 723. The van der Waals surface area contributed by atoms with Crippen LogP contribution in [0.2, 0.25) is 0 Å². The smallest absolute Gasteiger partial charge is 0.0135 e. The zero-order chi connectivity index (χ0) is 16.8. The molecule has 0 atom stereocenters. The van der Waals surface area contributed by atoms with Crippen LogP contribution in [-0.4, -0.2) is 0 Å². The van der Waals surface area contributed by atoms with Crippen molar-refractivity contribution >= 4 is 0 Å². The highest BCUT2D eigenvalue weighted by Crippen LogP contribution is 2.33. The summed E-state index contributed by atoms with van der Waals surface area (Å²) in [6.07, 6.45) is 3.21. The van der Waals surface area contributed by atoms with Crippen molar-refractivity contribution in [2.45, 2.75) is 39.0 Å². The van der Waals surface area contributed by atoms with Gasteiger partial charge >= 0.3 is 0 Å². The number of hydrogen-bond acceptors (Lipinski definition) is 0. The minimum absolute atomic E-state index is 0.416. The topological polar surface area (TPSA) is 0 Å². The molecule has 122 valence electrons. The Morgan fingerprint density at radius 2 is 1.04 bits per heavy atom. The highest BCUT2D eigenvalue weighted by Gasteiger charge is 2.19. The zero-order valence-electron chi connectivity index (χ0n) is 14.7. The van der Waals surface area contributed by atoms with E-state index in [-0.39, 0.29) is 0 Å². The van der Waals surface area contributed by atoms with Gasteiger partial charge in [-0.25, -0.2) is 0 Å². The molecule has 24 heavy (non-hydrogen) atoms. The maximum Gasteiger partial charge on any atom is 0.0135 e. The average Bonchev–Trinajstić information content (AvgIpc) is 2.67. The summed E-state index contributed by atoms with van der Waals surface area (Å²) in [5.74, 6) is 0.416. The maximum atomic E-state index is 2.32. The van der Waals surface area contributed by atoms with E-state index in [2.05, 4.69) is 92.7 Å². The quantitative estimate of drug-likeness (QED) is 0.509. The fraction of sp³-hybridized carbons (Fsp3) is 0.250. The molecule has 0 aliphatic heterocycles. The molecule has 3 aromatic rings. The van der Waals surface area contributed by atoms with Gasteiger partial charge in [-0.1, -0.05) is 92.7 Å². The van der Waals surface area contributed by atoms with Crippen molar-refractivity contribution < 1.29 is 0 Å². The average molecular weight is 314 g/mol. The number of benzene rings is 3. The lowest BCUT2D eigenvalue weighted by Crippen LogP contribution is -2.10. The van der Waals surface area contributed by atoms with Crippen LogP contribution >= 0.6 is 0 Å². The summed E-state index contributed by atoms with van der Waals surface area (Å²) in [5, 5.41) is 0. The van der Waals surface area contributed by atoms with Crippen LogP contribution < -0.4 is 0 Å². The van der Waals surface area contributed by atoms with E-state index in [4.69, 9.17) is 0 Å². The molecule has 0 saturated heterocycles. The van der Waals surface area contributed by atoms with Gasteiger partial charge in [0, 0.05) is 5.92 Å². The van der Waals surface area contributed by atoms with Crippen molar-refractivity contribution in [1.29, 1.82) is 0 Å². The molecule has 0 fully saturated rings. The first-order valence-corrected chi connectivity index (χ1v) is 9.03. The molecule has 3 aromatic carbocycles. The molecule has 0 saturated carbocycles. The van der Waals surface area contributed by atoms with Gasteiger partial charge in [-0.2, -0.15) is 0 Å². The molecule has 0 aliphatic carbocycles. The molecule has 0 radical (unpaired) electrons. The van der Waals surface area contributed by atoms with Gasteiger partial charge in [0.25, 0.3) is 0 Å². The van der Waals surface area contributed by atoms with E-state index < -0.39 is 0 Å². The van der Waals surface area contributed by atoms with Gasteiger partial charge in [0.2, 0.25) is 0 Å². The summed E-state index contributed by atoms with van der Waals surface area (Å²) in [5.41, 5.74) is 7.28. The second-order valence-electron chi connectivity index (χ2n) is 6.35. The SMILES string of the molecule is CCc1ccccc1C(Cc1ccccc1)c1ccccc1CC. The second kappa shape index (κ2) is 7.97. The van der Waals surface area contributed by atoms with E-state index in [1.165, 1.54) is 27.8 Å². The van der Waals surface area contributed by atoms with Crippen LogP contribution in [0.5, 0.6) is 0 Å². The van der Waals surface area contributed by atoms with Crippen LogP contribution in [0.4, 0.5) is 0 Å². The van der Waals surface area contributed by atoms with Gasteiger partial charge < -0.3 is 0 Å². The molecule has 0 spiro atoms. The van der Waals surface area contributed by atoms with Gasteiger partial charge in [0.1, 0.15) is 0 Å². The van der Waals surface area contributed by atoms with Gasteiger partial charge in [0.05, 0.1) is 0 Å². The third-order valence-corrected chi connectivity index (χ3v) is 4.91. The van der Waals surface area contributed by atoms with Gasteiger partial charge in [-0.3, -0.25) is 0 Å². The molecule has 0 aliphatic rings. The third-order valence-electron chi connectivity index (χ3n) is 4.91. The summed E-state index contributed by atoms with van der Waals surface area (Å²) >= 11 is 0. The largest absolute Gasteiger partial charge is 0.0622 e. The first kappa shape index (κ1) is 16.5. The van der Waals surface area contributed by atoms with Crippen molar-refractivity contribution in [3.8, 4) is 0 Å². The minimum Gasteiger partial charge on any atom is -0.0622 e. The van der Waals surface area contributed by atoms with Gasteiger partial charge in [-0.15, -0.1) is 0 Å². The van der Waals surface area contributed by atoms with E-state index in [1.807, 2.05) is 0 Å². The third kappa shape index (κ3) is 3.59. The van der Waals surface area contributed by atoms with Crippen LogP contribution in [0.3, 0.4) is 0 Å². The Hall–Kier alpha value is -2.34. The fourth-order valence-corrected chi connectivity index (χ4v) is 3.63. The lowest BCUT2D eigenvalue weighted by Gasteiger charge is -2.23. The summed E-state index contributed by atoms with van der Waals surface area (Å²) in [4.78, 5) is 0. The molecule has 0 bridgehead atoms. The summed E-state index contributed by atoms with van der Waals surface area (Å²) in [6, 6.07) is 28.8. The van der Waals surface area contributed by atoms with Crippen molar-refractivity contribution in [1.82, 2.24) is 0 Å². The molecule has 0 heteroatoms. The predicted molar refractivity (Wildman–Crippen MR) is 104 cm³/mol. The summed E-state index contributed by atoms with van der Waals surface area (Å²) in [6.45, 7) is 4.51. The zero-order valence-corrected chi connectivity index (χ0v) is 14.7. The van der Waals surface area contributed by atoms with Crippen LogP contribution in [0.15, 0.2) is 78.9 Å². The lowest BCUT2D eigenvalue weighted by molar-refractivity contribution is 0.778. The number of hydrogen-bond donors (Lipinski definition) is 0. The van der Waals surface area contributed by atoms with E-state index in [9.17, 15) is 0 Å².